The summed E-state index contributed by atoms with van der Waals surface area (Å²) < 4.78 is 48.4. The molecule has 7 amide bonds. The first-order valence-electron chi connectivity index (χ1n) is 38.3. The molecule has 7 N–H and O–H groups in total. The van der Waals surface area contributed by atoms with Gasteiger partial charge in [0, 0.05) is 71.4 Å². The molecule has 4 aliphatic rings. The van der Waals surface area contributed by atoms with Crippen molar-refractivity contribution < 1.29 is 106 Å². The zero-order chi connectivity index (χ0) is 83.0. The molecule has 0 unspecified atom stereocenters. The topological polar surface area (TPSA) is 386 Å². The number of nitrogens with one attached hydrogen (secondary N) is 5. The van der Waals surface area contributed by atoms with Crippen LogP contribution in [0.15, 0.2) is 163 Å². The summed E-state index contributed by atoms with van der Waals surface area (Å²) in [5.41, 5.74) is -6.83. The van der Waals surface area contributed by atoms with Crippen LogP contribution in [-0.2, 0) is 84.7 Å². The number of aliphatic hydroxyl groups excluding tert-OH is 1. The molecule has 29 heteroatoms. The molecule has 29 nitrogen and oxygen atoms in total. The number of ketones is 1. The van der Waals surface area contributed by atoms with Crippen LogP contribution >= 0.6 is 0 Å². The largest absolute Gasteiger partial charge is 0.455 e. The first-order valence-corrected chi connectivity index (χ1v) is 38.3. The van der Waals surface area contributed by atoms with Gasteiger partial charge in [0.15, 0.2) is 17.5 Å². The van der Waals surface area contributed by atoms with Crippen LogP contribution < -0.4 is 26.6 Å². The van der Waals surface area contributed by atoms with Crippen LogP contribution in [0.25, 0.3) is 0 Å². The molecular formula is C85H105N7O22. The number of benzene rings is 5. The van der Waals surface area contributed by atoms with Crippen molar-refractivity contribution in [3.05, 3.63) is 191 Å². The van der Waals surface area contributed by atoms with E-state index in [4.69, 9.17) is 37.9 Å². The number of rotatable bonds is 32. The van der Waals surface area contributed by atoms with E-state index in [2.05, 4.69) is 26.6 Å². The Morgan fingerprint density at radius 3 is 1.75 bits per heavy atom. The number of hydrogen-bond acceptors (Lipinski definition) is 22. The maximum absolute atomic E-state index is 16.1. The van der Waals surface area contributed by atoms with E-state index in [0.29, 0.717) is 12.0 Å². The van der Waals surface area contributed by atoms with Gasteiger partial charge < -0.3 is 84.5 Å². The average molecular weight is 1580 g/mol. The fourth-order valence-corrected chi connectivity index (χ4v) is 15.6. The standard InChI is InChI=1S/C85H105N7O22/c1-50(2)44-61(88-75(99)66(51(3)4)90-80(104)108-48-56-32-20-14-21-33-56)74(98)87-60(40-28-29-41-86-79(103)107-47-55-30-18-13-19-31-55)76(100)91(11)42-43-92(12)81(105)112-69(67(57-34-22-15-23-35-57)89-73(97)58-36-24-16-25-37-58)78(102)111-62-46-85(106)72(113-77(101)59-38-26-17-27-39-59)70-83(10,63(95)45-64-84(70,49-109-64)114-54(7)94)71(96)68(110-53(6)93)65(52(62)5)82(85,8)9/h13-27,30-39,50-51,60-64,66-70,72,95,106H,28-29,40-49H2,1-12H3,(H,86,103)(H,87,98)(H,88,99)(H,89,97)(H,90,104)/t60-,61-,62-,63-,64+,66+,67-,68+,69+,70-,72-,83+,84-,85+/m0/s1. The van der Waals surface area contributed by atoms with E-state index in [-0.39, 0.29) is 92.3 Å². The summed E-state index contributed by atoms with van der Waals surface area (Å²) >= 11 is 0. The lowest BCUT2D eigenvalue weighted by atomic mass is 9.44. The molecule has 3 aliphatic carbocycles. The smallest absolute Gasteiger partial charge is 0.410 e. The van der Waals surface area contributed by atoms with Crippen LogP contribution in [0.2, 0.25) is 0 Å². The summed E-state index contributed by atoms with van der Waals surface area (Å²) in [5.74, 6) is -10.4. The SMILES string of the molecule is CC(=O)O[C@H]1C(=O)[C@@]2(C)[C@H]([C@H](OC(=O)c3ccccc3)[C@]3(O)C[C@H](OC(=O)[C@H](OC(=O)N(C)CCN(C)C(=O)[C@H](CCCCNC(=O)OCc4ccccc4)NC(=O)[C@H](CC(C)C)NC(=O)[C@H](NC(=O)OCc4ccccc4)C(C)C)[C@@H](NC(=O)c4ccccc4)c4ccccc4)C(C)=C1C3(C)C)[C@]1(OC(C)=O)CO[C@@H]1C[C@@H]2O. The lowest BCUT2D eigenvalue weighted by Gasteiger charge is -2.67. The molecule has 14 atom stereocenters. The summed E-state index contributed by atoms with van der Waals surface area (Å²) in [6, 6.07) is 36.2. The summed E-state index contributed by atoms with van der Waals surface area (Å²) in [6.45, 7) is 14.2. The van der Waals surface area contributed by atoms with Crippen molar-refractivity contribution in [2.45, 2.75) is 193 Å². The van der Waals surface area contributed by atoms with Gasteiger partial charge in [-0.15, -0.1) is 0 Å². The van der Waals surface area contributed by atoms with Crippen molar-refractivity contribution in [1.82, 2.24) is 36.4 Å². The second kappa shape index (κ2) is 38.2. The Bertz CT molecular complexity index is 4290. The Hall–Kier alpha value is -11.0. The minimum Gasteiger partial charge on any atom is -0.455 e. The average Bonchev–Trinajstić information content (AvgIpc) is 0.668. The monoisotopic (exact) mass is 1580 g/mol. The van der Waals surface area contributed by atoms with Crippen LogP contribution in [0.1, 0.15) is 151 Å². The number of hydrogen-bond donors (Lipinski definition) is 7. The van der Waals surface area contributed by atoms with E-state index >= 15 is 14.4 Å². The second-order valence-corrected chi connectivity index (χ2v) is 31.1. The third-order valence-electron chi connectivity index (χ3n) is 21.9. The van der Waals surface area contributed by atoms with Crippen molar-refractivity contribution in [3.8, 4) is 0 Å². The van der Waals surface area contributed by atoms with Gasteiger partial charge in [-0.2, -0.15) is 0 Å². The van der Waals surface area contributed by atoms with Gasteiger partial charge >= 0.3 is 42.2 Å². The molecule has 5 aromatic rings. The van der Waals surface area contributed by atoms with Gasteiger partial charge in [-0.05, 0) is 103 Å². The molecule has 1 heterocycles. The van der Waals surface area contributed by atoms with Crippen molar-refractivity contribution in [2.75, 3.05) is 40.3 Å². The number of carbonyl (C=O) groups excluding carboxylic acids is 12. The molecule has 2 saturated carbocycles. The molecule has 5 aromatic carbocycles. The fourth-order valence-electron chi connectivity index (χ4n) is 15.6. The third-order valence-corrected chi connectivity index (χ3v) is 21.9. The molecule has 114 heavy (non-hydrogen) atoms. The molecular weight excluding hydrogens is 1470 g/mol. The number of nitrogens with zero attached hydrogens (tertiary/aromatic N) is 2. The van der Waals surface area contributed by atoms with Crippen LogP contribution in [0.5, 0.6) is 0 Å². The lowest BCUT2D eigenvalue weighted by Crippen LogP contribution is -2.82. The zero-order valence-corrected chi connectivity index (χ0v) is 66.4. The van der Waals surface area contributed by atoms with Gasteiger partial charge in [0.2, 0.25) is 23.8 Å². The molecule has 0 aromatic heterocycles. The Labute approximate surface area is 663 Å². The Morgan fingerprint density at radius 1 is 0.640 bits per heavy atom. The van der Waals surface area contributed by atoms with E-state index in [1.165, 1.54) is 71.0 Å². The van der Waals surface area contributed by atoms with Crippen molar-refractivity contribution in [3.63, 3.8) is 0 Å². The molecule has 1 saturated heterocycles. The predicted molar refractivity (Wildman–Crippen MR) is 412 cm³/mol. The van der Waals surface area contributed by atoms with E-state index in [1.807, 2.05) is 38.1 Å². The molecule has 612 valence electrons. The first-order chi connectivity index (χ1) is 54.1. The first kappa shape index (κ1) is 86.9. The van der Waals surface area contributed by atoms with Crippen molar-refractivity contribution in [1.29, 1.82) is 0 Å². The lowest BCUT2D eigenvalue weighted by molar-refractivity contribution is -0.346. The number of Topliss-reactive ketones (excluding diaryl/α,β-unsaturated/α-hetero) is 1. The summed E-state index contributed by atoms with van der Waals surface area (Å²) in [6.07, 6.45) is -13.8. The Balaban J connectivity index is 1.02. The quantitative estimate of drug-likeness (QED) is 0.00920. The minimum atomic E-state index is -2.59. The zero-order valence-electron chi connectivity index (χ0n) is 66.4. The highest BCUT2D eigenvalue weighted by Gasteiger charge is 2.78. The number of esters is 4. The summed E-state index contributed by atoms with van der Waals surface area (Å²) in [7, 11) is 2.73. The molecule has 3 fully saturated rings. The minimum absolute atomic E-state index is 0.00148. The number of fused-ring (bicyclic) bond motifs is 5. The predicted octanol–water partition coefficient (Wildman–Crippen LogP) is 8.33. The van der Waals surface area contributed by atoms with E-state index in [1.54, 1.807) is 117 Å². The summed E-state index contributed by atoms with van der Waals surface area (Å²) in [5, 5.41) is 40.6. The van der Waals surface area contributed by atoms with Gasteiger partial charge in [-0.25, -0.2) is 24.0 Å². The normalized spacial score (nSPS) is 23.2. The highest BCUT2D eigenvalue weighted by atomic mass is 16.6. The van der Waals surface area contributed by atoms with Crippen molar-refractivity contribution >= 4 is 71.6 Å². The second-order valence-electron chi connectivity index (χ2n) is 31.1. The number of likely N-dealkylation sites (N-methyl/N-ethyl adjacent to an activating group) is 2. The van der Waals surface area contributed by atoms with E-state index in [9.17, 15) is 53.4 Å². The Kier molecular flexibility index (Phi) is 29.1. The molecule has 2 bridgehead atoms. The fraction of sp³-hybridized carbons (Fsp3) is 0.482. The third kappa shape index (κ3) is 20.3. The highest BCUT2D eigenvalue weighted by Crippen LogP contribution is 2.64. The van der Waals surface area contributed by atoms with E-state index < -0.39 is 179 Å². The highest BCUT2D eigenvalue weighted by molar-refractivity contribution is 5.97. The molecule has 0 radical (unpaired) electrons. The van der Waals surface area contributed by atoms with E-state index in [0.717, 1.165) is 24.3 Å². The number of ether oxygens (including phenoxy) is 8. The summed E-state index contributed by atoms with van der Waals surface area (Å²) in [4.78, 5) is 175. The van der Waals surface area contributed by atoms with Gasteiger partial charge in [-0.1, -0.05) is 169 Å². The maximum Gasteiger partial charge on any atom is 0.410 e. The number of carbonyl (C=O) groups is 12. The number of unbranched alkanes of at least 4 members (excludes halogenated alkanes) is 1. The van der Waals surface area contributed by atoms with Gasteiger partial charge in [-0.3, -0.25) is 33.6 Å². The molecule has 1 aliphatic heterocycles. The van der Waals surface area contributed by atoms with Crippen molar-refractivity contribution in [2.24, 2.45) is 28.6 Å². The Morgan fingerprint density at radius 2 is 1.19 bits per heavy atom. The van der Waals surface area contributed by atoms with Crippen LogP contribution in [0.3, 0.4) is 0 Å². The van der Waals surface area contributed by atoms with Gasteiger partial charge in [0.05, 0.1) is 29.6 Å². The number of aliphatic hydroxyl groups is 2. The number of amides is 7. The van der Waals surface area contributed by atoms with Crippen LogP contribution in [0, 0.1) is 28.6 Å². The van der Waals surface area contributed by atoms with Crippen LogP contribution in [-0.4, -0.2) is 198 Å². The maximum atomic E-state index is 16.1. The number of alkyl carbamates (subject to hydrolysis) is 2. The van der Waals surface area contributed by atoms with Gasteiger partial charge in [0.1, 0.15) is 61.3 Å². The molecule has 9 rings (SSSR count). The molecule has 0 spiro atoms. The van der Waals surface area contributed by atoms with Crippen LogP contribution in [0.4, 0.5) is 14.4 Å². The van der Waals surface area contributed by atoms with Gasteiger partial charge in [0.25, 0.3) is 5.91 Å².